The van der Waals surface area contributed by atoms with Crippen molar-refractivity contribution in [2.45, 2.75) is 25.2 Å². The molecule has 0 atom stereocenters. The predicted octanol–water partition coefficient (Wildman–Crippen LogP) is 4.04. The Bertz CT molecular complexity index is 669. The molecule has 1 aromatic heterocycles. The normalized spacial score (nSPS) is 11.0. The van der Waals surface area contributed by atoms with Crippen LogP contribution in [0.1, 0.15) is 21.8 Å². The highest BCUT2D eigenvalue weighted by Crippen LogP contribution is 2.30. The van der Waals surface area contributed by atoms with Gasteiger partial charge in [-0.05, 0) is 32.0 Å². The smallest absolute Gasteiger partial charge is 0.261 e. The van der Waals surface area contributed by atoms with E-state index in [9.17, 15) is 18.0 Å². The van der Waals surface area contributed by atoms with Crippen LogP contribution < -0.4 is 5.32 Å². The van der Waals surface area contributed by atoms with Crippen LogP contribution in [0.25, 0.3) is 0 Å². The Balaban J connectivity index is 2.24. The quantitative estimate of drug-likeness (QED) is 0.841. The molecule has 118 valence electrons. The molecule has 0 aliphatic carbocycles. The number of carbonyl (C=O) groups excluding carboxylic acids is 1. The fourth-order valence-corrected chi connectivity index (χ4v) is 2.61. The zero-order valence-electron chi connectivity index (χ0n) is 11.8. The van der Waals surface area contributed by atoms with Crippen LogP contribution in [0.2, 0.25) is 0 Å². The lowest BCUT2D eigenvalue weighted by Crippen LogP contribution is -2.14. The number of hydrogen-bond donors (Lipinski definition) is 1. The van der Waals surface area contributed by atoms with Gasteiger partial charge in [-0.1, -0.05) is 5.16 Å². The van der Waals surface area contributed by atoms with E-state index in [4.69, 9.17) is 4.52 Å². The number of anilines is 1. The minimum Gasteiger partial charge on any atom is -0.361 e. The van der Waals surface area contributed by atoms with Gasteiger partial charge in [0.1, 0.15) is 17.1 Å². The summed E-state index contributed by atoms with van der Waals surface area (Å²) in [6, 6.07) is 3.59. The molecule has 0 aliphatic heterocycles. The number of halogens is 3. The first kappa shape index (κ1) is 16.4. The summed E-state index contributed by atoms with van der Waals surface area (Å²) in [6.07, 6.45) is -2.50. The van der Waals surface area contributed by atoms with Crippen molar-refractivity contribution < 1.29 is 22.5 Å². The SMILES string of the molecule is Cc1noc(C)c1C(=O)Nc1cc(F)ccc1SCC(F)F. The number of rotatable bonds is 5. The maximum atomic E-state index is 13.4. The highest BCUT2D eigenvalue weighted by molar-refractivity contribution is 7.99. The standard InChI is InChI=1S/C14H13F3N2O2S/c1-7-13(8(2)21-19-7)14(20)18-10-5-9(15)3-4-11(10)22-6-12(16)17/h3-5,12H,6H2,1-2H3,(H,18,20). The Kier molecular flexibility index (Phi) is 5.12. The molecule has 0 radical (unpaired) electrons. The van der Waals surface area contributed by atoms with Crippen LogP contribution >= 0.6 is 11.8 Å². The molecule has 1 N–H and O–H groups in total. The van der Waals surface area contributed by atoms with E-state index < -0.39 is 23.9 Å². The van der Waals surface area contributed by atoms with Gasteiger partial charge in [-0.2, -0.15) is 0 Å². The molecule has 0 bridgehead atoms. The van der Waals surface area contributed by atoms with E-state index in [1.807, 2.05) is 0 Å². The Morgan fingerprint density at radius 2 is 2.14 bits per heavy atom. The number of aryl methyl sites for hydroxylation is 2. The van der Waals surface area contributed by atoms with E-state index in [2.05, 4.69) is 10.5 Å². The Morgan fingerprint density at radius 1 is 1.41 bits per heavy atom. The van der Waals surface area contributed by atoms with Crippen molar-refractivity contribution in [3.8, 4) is 0 Å². The third kappa shape index (κ3) is 3.82. The van der Waals surface area contributed by atoms with Gasteiger partial charge in [0.05, 0.1) is 17.1 Å². The van der Waals surface area contributed by atoms with Crippen molar-refractivity contribution in [3.63, 3.8) is 0 Å². The molecule has 1 amide bonds. The zero-order chi connectivity index (χ0) is 16.3. The molecule has 1 heterocycles. The number of nitrogens with zero attached hydrogens (tertiary/aromatic N) is 1. The molecule has 4 nitrogen and oxygen atoms in total. The first-order valence-electron chi connectivity index (χ1n) is 6.33. The first-order valence-corrected chi connectivity index (χ1v) is 7.31. The number of thioether (sulfide) groups is 1. The van der Waals surface area contributed by atoms with Crippen molar-refractivity contribution in [2.75, 3.05) is 11.1 Å². The number of amides is 1. The van der Waals surface area contributed by atoms with Gasteiger partial charge in [-0.3, -0.25) is 4.79 Å². The van der Waals surface area contributed by atoms with Crippen LogP contribution in [-0.2, 0) is 0 Å². The molecule has 0 unspecified atom stereocenters. The molecular formula is C14H13F3N2O2S. The summed E-state index contributed by atoms with van der Waals surface area (Å²) in [5.41, 5.74) is 0.776. The second-order valence-corrected chi connectivity index (χ2v) is 5.56. The molecule has 0 saturated heterocycles. The third-order valence-electron chi connectivity index (χ3n) is 2.82. The van der Waals surface area contributed by atoms with E-state index in [0.29, 0.717) is 16.3 Å². The number of alkyl halides is 2. The maximum Gasteiger partial charge on any atom is 0.261 e. The Labute approximate surface area is 129 Å². The minimum atomic E-state index is -2.50. The van der Waals surface area contributed by atoms with Crippen molar-refractivity contribution in [1.29, 1.82) is 0 Å². The van der Waals surface area contributed by atoms with Crippen LogP contribution in [0.3, 0.4) is 0 Å². The summed E-state index contributed by atoms with van der Waals surface area (Å²) in [4.78, 5) is 12.6. The van der Waals surface area contributed by atoms with Gasteiger partial charge in [0.2, 0.25) is 6.43 Å². The van der Waals surface area contributed by atoms with E-state index in [1.165, 1.54) is 6.07 Å². The monoisotopic (exact) mass is 330 g/mol. The van der Waals surface area contributed by atoms with E-state index in [1.54, 1.807) is 13.8 Å². The summed E-state index contributed by atoms with van der Waals surface area (Å²) in [6.45, 7) is 3.18. The maximum absolute atomic E-state index is 13.4. The van der Waals surface area contributed by atoms with E-state index >= 15 is 0 Å². The van der Waals surface area contributed by atoms with Gasteiger partial charge in [-0.25, -0.2) is 13.2 Å². The number of carbonyl (C=O) groups is 1. The van der Waals surface area contributed by atoms with Crippen LogP contribution in [0.5, 0.6) is 0 Å². The minimum absolute atomic E-state index is 0.135. The van der Waals surface area contributed by atoms with Crippen LogP contribution in [0, 0.1) is 19.7 Å². The molecule has 0 saturated carbocycles. The molecule has 2 rings (SSSR count). The zero-order valence-corrected chi connectivity index (χ0v) is 12.6. The van der Waals surface area contributed by atoms with Crippen molar-refractivity contribution in [3.05, 3.63) is 41.0 Å². The summed E-state index contributed by atoms with van der Waals surface area (Å²) in [5.74, 6) is -1.22. The Morgan fingerprint density at radius 3 is 2.73 bits per heavy atom. The molecule has 0 fully saturated rings. The van der Waals surface area contributed by atoms with Crippen molar-refractivity contribution in [1.82, 2.24) is 5.16 Å². The van der Waals surface area contributed by atoms with Crippen LogP contribution in [0.15, 0.2) is 27.6 Å². The molecule has 2 aromatic rings. The highest BCUT2D eigenvalue weighted by atomic mass is 32.2. The number of nitrogens with one attached hydrogen (secondary N) is 1. The molecule has 0 spiro atoms. The fourth-order valence-electron chi connectivity index (χ4n) is 1.87. The van der Waals surface area contributed by atoms with Crippen LogP contribution in [0.4, 0.5) is 18.9 Å². The summed E-state index contributed by atoms with van der Waals surface area (Å²) < 4.78 is 42.9. The summed E-state index contributed by atoms with van der Waals surface area (Å²) in [5, 5.41) is 6.18. The third-order valence-corrected chi connectivity index (χ3v) is 3.90. The lowest BCUT2D eigenvalue weighted by molar-refractivity contribution is 0.102. The molecule has 22 heavy (non-hydrogen) atoms. The average molecular weight is 330 g/mol. The van der Waals surface area contributed by atoms with E-state index in [0.717, 1.165) is 23.9 Å². The van der Waals surface area contributed by atoms with Gasteiger partial charge < -0.3 is 9.84 Å². The lowest BCUT2D eigenvalue weighted by Gasteiger charge is -2.11. The topological polar surface area (TPSA) is 55.1 Å². The van der Waals surface area contributed by atoms with E-state index in [-0.39, 0.29) is 11.3 Å². The van der Waals surface area contributed by atoms with Gasteiger partial charge in [-0.15, -0.1) is 11.8 Å². The summed E-state index contributed by atoms with van der Waals surface area (Å²) >= 11 is 0.841. The van der Waals surface area contributed by atoms with Gasteiger partial charge in [0.15, 0.2) is 0 Å². The molecule has 1 aromatic carbocycles. The second kappa shape index (κ2) is 6.87. The number of benzene rings is 1. The highest BCUT2D eigenvalue weighted by Gasteiger charge is 2.19. The second-order valence-electron chi connectivity index (χ2n) is 4.50. The number of aromatic nitrogens is 1. The van der Waals surface area contributed by atoms with Crippen molar-refractivity contribution >= 4 is 23.4 Å². The lowest BCUT2D eigenvalue weighted by atomic mass is 10.2. The van der Waals surface area contributed by atoms with Crippen molar-refractivity contribution in [2.24, 2.45) is 0 Å². The summed E-state index contributed by atoms with van der Waals surface area (Å²) in [7, 11) is 0. The first-order chi connectivity index (χ1) is 10.4. The van der Waals surface area contributed by atoms with Gasteiger partial charge in [0.25, 0.3) is 5.91 Å². The molecule has 8 heteroatoms. The van der Waals surface area contributed by atoms with Crippen LogP contribution in [-0.4, -0.2) is 23.2 Å². The Hall–Kier alpha value is -1.96. The molecular weight excluding hydrogens is 317 g/mol. The molecule has 0 aliphatic rings. The largest absolute Gasteiger partial charge is 0.361 e. The average Bonchev–Trinajstić information content (AvgIpc) is 2.77. The van der Waals surface area contributed by atoms with Gasteiger partial charge >= 0.3 is 0 Å². The number of hydrogen-bond acceptors (Lipinski definition) is 4. The van der Waals surface area contributed by atoms with Gasteiger partial charge in [0, 0.05) is 4.90 Å². The fraction of sp³-hybridized carbons (Fsp3) is 0.286. The predicted molar refractivity (Wildman–Crippen MR) is 77.1 cm³/mol.